The third-order valence-electron chi connectivity index (χ3n) is 3.63. The van der Waals surface area contributed by atoms with Gasteiger partial charge < -0.3 is 4.74 Å². The van der Waals surface area contributed by atoms with E-state index in [1.165, 1.54) is 44.9 Å². The number of hydrogen-bond donors (Lipinski definition) is 0. The summed E-state index contributed by atoms with van der Waals surface area (Å²) in [4.78, 5) is 0. The molecule has 0 N–H and O–H groups in total. The normalized spacial score (nSPS) is 44.1. The second-order valence-corrected chi connectivity index (χ2v) is 5.63. The van der Waals surface area contributed by atoms with Crippen molar-refractivity contribution in [3.05, 3.63) is 0 Å². The number of halogens is 1. The Kier molecular flexibility index (Phi) is 3.73. The highest BCUT2D eigenvalue weighted by atomic mass is 35.5. The van der Waals surface area contributed by atoms with Crippen LogP contribution in [0.1, 0.15) is 51.9 Å². The minimum atomic E-state index is 0.438. The van der Waals surface area contributed by atoms with Crippen molar-refractivity contribution < 1.29 is 4.74 Å². The third-order valence-corrected chi connectivity index (χ3v) is 4.03. The van der Waals surface area contributed by atoms with E-state index in [4.69, 9.17) is 16.3 Å². The van der Waals surface area contributed by atoms with Gasteiger partial charge in [0.25, 0.3) is 0 Å². The van der Waals surface area contributed by atoms with Crippen molar-refractivity contribution in [2.45, 2.75) is 69.5 Å². The summed E-state index contributed by atoms with van der Waals surface area (Å²) >= 11 is 6.18. The van der Waals surface area contributed by atoms with Gasteiger partial charge in [0.2, 0.25) is 0 Å². The van der Waals surface area contributed by atoms with Crippen LogP contribution in [0, 0.1) is 5.92 Å². The van der Waals surface area contributed by atoms with Crippen LogP contribution < -0.4 is 0 Å². The Morgan fingerprint density at radius 1 is 1.21 bits per heavy atom. The Balaban J connectivity index is 1.74. The van der Waals surface area contributed by atoms with Gasteiger partial charge in [-0.3, -0.25) is 0 Å². The van der Waals surface area contributed by atoms with Gasteiger partial charge in [-0.05, 0) is 44.9 Å². The molecule has 14 heavy (non-hydrogen) atoms. The first kappa shape index (κ1) is 10.8. The molecule has 1 aliphatic heterocycles. The Morgan fingerprint density at radius 2 is 2.07 bits per heavy atom. The molecule has 4 unspecified atom stereocenters. The van der Waals surface area contributed by atoms with Crippen LogP contribution in [0.5, 0.6) is 0 Å². The third kappa shape index (κ3) is 2.87. The van der Waals surface area contributed by atoms with Gasteiger partial charge in [-0.15, -0.1) is 11.6 Å². The van der Waals surface area contributed by atoms with Gasteiger partial charge in [-0.2, -0.15) is 0 Å². The molecule has 1 heterocycles. The number of rotatable bonds is 2. The van der Waals surface area contributed by atoms with E-state index in [2.05, 4.69) is 6.92 Å². The van der Waals surface area contributed by atoms with E-state index in [0.29, 0.717) is 17.6 Å². The quantitative estimate of drug-likeness (QED) is 0.639. The van der Waals surface area contributed by atoms with Crippen molar-refractivity contribution in [3.8, 4) is 0 Å². The standard InChI is InChI=1S/C12H21ClO/c1-9-5-6-12(14-9)8-10-3-2-4-11(13)7-10/h9-12H,2-8H2,1H3. The molecule has 2 heteroatoms. The fraction of sp³-hybridized carbons (Fsp3) is 1.00. The fourth-order valence-electron chi connectivity index (χ4n) is 2.87. The lowest BCUT2D eigenvalue weighted by atomic mass is 9.84. The van der Waals surface area contributed by atoms with Crippen LogP contribution in [-0.2, 0) is 4.74 Å². The molecule has 1 nitrogen and oxygen atoms in total. The smallest absolute Gasteiger partial charge is 0.0582 e. The lowest BCUT2D eigenvalue weighted by molar-refractivity contribution is 0.0372. The molecular formula is C12H21ClO. The van der Waals surface area contributed by atoms with Crippen LogP contribution in [0.15, 0.2) is 0 Å². The maximum Gasteiger partial charge on any atom is 0.0582 e. The van der Waals surface area contributed by atoms with Crippen LogP contribution >= 0.6 is 11.6 Å². The predicted octanol–water partition coefficient (Wildman–Crippen LogP) is 3.74. The van der Waals surface area contributed by atoms with Crippen molar-refractivity contribution in [3.63, 3.8) is 0 Å². The molecule has 0 spiro atoms. The summed E-state index contributed by atoms with van der Waals surface area (Å²) in [7, 11) is 0. The van der Waals surface area contributed by atoms with Gasteiger partial charge in [0.15, 0.2) is 0 Å². The average molecular weight is 217 g/mol. The molecule has 4 atom stereocenters. The lowest BCUT2D eigenvalue weighted by Crippen LogP contribution is -2.21. The topological polar surface area (TPSA) is 9.23 Å². The molecule has 1 saturated heterocycles. The van der Waals surface area contributed by atoms with Crippen molar-refractivity contribution in [1.82, 2.24) is 0 Å². The molecule has 1 saturated carbocycles. The van der Waals surface area contributed by atoms with Crippen molar-refractivity contribution >= 4 is 11.6 Å². The summed E-state index contributed by atoms with van der Waals surface area (Å²) in [5.74, 6) is 0.835. The Labute approximate surface area is 92.2 Å². The monoisotopic (exact) mass is 216 g/mol. The fourth-order valence-corrected chi connectivity index (χ4v) is 3.28. The van der Waals surface area contributed by atoms with Crippen LogP contribution in [0.2, 0.25) is 0 Å². The Bertz CT molecular complexity index is 183. The van der Waals surface area contributed by atoms with Gasteiger partial charge in [0.05, 0.1) is 12.2 Å². The van der Waals surface area contributed by atoms with E-state index in [0.717, 1.165) is 5.92 Å². The maximum atomic E-state index is 6.18. The average Bonchev–Trinajstić information content (AvgIpc) is 2.51. The zero-order valence-corrected chi connectivity index (χ0v) is 9.80. The first-order valence-electron chi connectivity index (χ1n) is 6.03. The summed E-state index contributed by atoms with van der Waals surface area (Å²) in [5.41, 5.74) is 0. The number of alkyl halides is 1. The number of ether oxygens (including phenoxy) is 1. The van der Waals surface area contributed by atoms with E-state index in [-0.39, 0.29) is 0 Å². The second kappa shape index (κ2) is 4.85. The first-order valence-corrected chi connectivity index (χ1v) is 6.47. The molecule has 0 aromatic rings. The van der Waals surface area contributed by atoms with E-state index in [9.17, 15) is 0 Å². The maximum absolute atomic E-state index is 6.18. The lowest BCUT2D eigenvalue weighted by Gasteiger charge is -2.27. The Morgan fingerprint density at radius 3 is 2.71 bits per heavy atom. The zero-order valence-electron chi connectivity index (χ0n) is 9.05. The highest BCUT2D eigenvalue weighted by molar-refractivity contribution is 6.20. The van der Waals surface area contributed by atoms with Crippen molar-refractivity contribution in [1.29, 1.82) is 0 Å². The zero-order chi connectivity index (χ0) is 9.97. The minimum Gasteiger partial charge on any atom is -0.375 e. The highest BCUT2D eigenvalue weighted by Crippen LogP contribution is 2.34. The summed E-state index contributed by atoms with van der Waals surface area (Å²) in [6.45, 7) is 2.19. The molecule has 1 aliphatic carbocycles. The van der Waals surface area contributed by atoms with Gasteiger partial charge in [0, 0.05) is 5.38 Å². The molecule has 82 valence electrons. The summed E-state index contributed by atoms with van der Waals surface area (Å²) in [5, 5.41) is 0.438. The van der Waals surface area contributed by atoms with Gasteiger partial charge in [0.1, 0.15) is 0 Å². The molecule has 0 aromatic heterocycles. The summed E-state index contributed by atoms with van der Waals surface area (Å²) in [6.07, 6.45) is 9.95. The van der Waals surface area contributed by atoms with E-state index >= 15 is 0 Å². The number of hydrogen-bond acceptors (Lipinski definition) is 1. The molecular weight excluding hydrogens is 196 g/mol. The summed E-state index contributed by atoms with van der Waals surface area (Å²) in [6, 6.07) is 0. The minimum absolute atomic E-state index is 0.438. The SMILES string of the molecule is CC1CCC(CC2CCCC(Cl)C2)O1. The van der Waals surface area contributed by atoms with E-state index in [1.807, 2.05) is 0 Å². The van der Waals surface area contributed by atoms with E-state index < -0.39 is 0 Å². The van der Waals surface area contributed by atoms with Gasteiger partial charge in [-0.25, -0.2) is 0 Å². The Hall–Kier alpha value is 0.250. The molecule has 0 aromatic carbocycles. The molecule has 2 rings (SSSR count). The van der Waals surface area contributed by atoms with Crippen LogP contribution in [-0.4, -0.2) is 17.6 Å². The first-order chi connectivity index (χ1) is 6.74. The summed E-state index contributed by atoms with van der Waals surface area (Å²) < 4.78 is 5.86. The van der Waals surface area contributed by atoms with Crippen LogP contribution in [0.3, 0.4) is 0 Å². The molecule has 2 aliphatic rings. The highest BCUT2D eigenvalue weighted by Gasteiger charge is 2.27. The largest absolute Gasteiger partial charge is 0.375 e. The molecule has 0 amide bonds. The molecule has 0 bridgehead atoms. The van der Waals surface area contributed by atoms with Crippen LogP contribution in [0.25, 0.3) is 0 Å². The van der Waals surface area contributed by atoms with Crippen molar-refractivity contribution in [2.24, 2.45) is 5.92 Å². The molecule has 2 fully saturated rings. The van der Waals surface area contributed by atoms with Crippen molar-refractivity contribution in [2.75, 3.05) is 0 Å². The van der Waals surface area contributed by atoms with Gasteiger partial charge in [-0.1, -0.05) is 12.8 Å². The second-order valence-electron chi connectivity index (χ2n) is 5.01. The van der Waals surface area contributed by atoms with Crippen LogP contribution in [0.4, 0.5) is 0 Å². The molecule has 0 radical (unpaired) electrons. The van der Waals surface area contributed by atoms with Gasteiger partial charge >= 0.3 is 0 Å². The predicted molar refractivity (Wildman–Crippen MR) is 59.8 cm³/mol. The van der Waals surface area contributed by atoms with E-state index in [1.54, 1.807) is 0 Å².